The average molecular weight is 191 g/mol. The fraction of sp³-hybridized carbons (Fsp3) is 0. The van der Waals surface area contributed by atoms with Crippen LogP contribution in [0.15, 0.2) is 42.5 Å². The third-order valence-electron chi connectivity index (χ3n) is 1.96. The van der Waals surface area contributed by atoms with E-state index in [4.69, 9.17) is 11.6 Å². The zero-order valence-electron chi connectivity index (χ0n) is 6.83. The molecule has 0 N–H and O–H groups in total. The average Bonchev–Trinajstić information content (AvgIpc) is 2.38. The Morgan fingerprint density at radius 1 is 1.00 bits per heavy atom. The van der Waals surface area contributed by atoms with Crippen LogP contribution in [0.25, 0.3) is 11.1 Å². The van der Waals surface area contributed by atoms with Crippen LogP contribution >= 0.6 is 11.6 Å². The number of hydrogen-bond donors (Lipinski definition) is 0. The molecule has 0 aromatic heterocycles. The second-order valence-electron chi connectivity index (χ2n) is 2.84. The van der Waals surface area contributed by atoms with Crippen molar-refractivity contribution < 1.29 is 4.79 Å². The van der Waals surface area contributed by atoms with Gasteiger partial charge in [-0.3, -0.25) is 4.79 Å². The van der Waals surface area contributed by atoms with Gasteiger partial charge in [-0.1, -0.05) is 30.3 Å². The van der Waals surface area contributed by atoms with Crippen molar-refractivity contribution >= 4 is 16.8 Å². The van der Waals surface area contributed by atoms with E-state index in [-0.39, 0.29) is 0 Å². The van der Waals surface area contributed by atoms with Crippen molar-refractivity contribution in [3.05, 3.63) is 48.0 Å². The second kappa shape index (κ2) is 3.19. The summed E-state index contributed by atoms with van der Waals surface area (Å²) in [7, 11) is 0. The Labute approximate surface area is 81.3 Å². The van der Waals surface area contributed by atoms with Gasteiger partial charge in [-0.15, -0.1) is 0 Å². The maximum atomic E-state index is 10.9. The summed E-state index contributed by atoms with van der Waals surface area (Å²) in [6.07, 6.45) is 0. The van der Waals surface area contributed by atoms with Crippen LogP contribution in [0, 0.1) is 0 Å². The van der Waals surface area contributed by atoms with Gasteiger partial charge in [0.2, 0.25) is 0 Å². The minimum atomic E-state index is -0.404. The summed E-state index contributed by atoms with van der Waals surface area (Å²) in [5.41, 5.74) is 2.63. The zero-order valence-corrected chi connectivity index (χ0v) is 7.58. The fourth-order valence-corrected chi connectivity index (χ4v) is 1.44. The number of carbonyl (C=O) groups excluding carboxylic acids is 1. The lowest BCUT2D eigenvalue weighted by molar-refractivity contribution is 0.108. The molecular weight excluding hydrogens is 184 g/mol. The summed E-state index contributed by atoms with van der Waals surface area (Å²) in [5.74, 6) is 0. The summed E-state index contributed by atoms with van der Waals surface area (Å²) >= 11 is 5.37. The predicted octanol–water partition coefficient (Wildman–Crippen LogP) is 3.17. The lowest BCUT2D eigenvalue weighted by atomic mass is 10.2. The van der Waals surface area contributed by atoms with E-state index in [2.05, 4.69) is 0 Å². The van der Waals surface area contributed by atoms with E-state index in [1.807, 2.05) is 30.3 Å². The Balaban J connectivity index is 2.64. The van der Waals surface area contributed by atoms with Crippen molar-refractivity contribution in [2.75, 3.05) is 0 Å². The first-order chi connectivity index (χ1) is 6.27. The summed E-state index contributed by atoms with van der Waals surface area (Å²) in [6, 6.07) is 13.3. The molecule has 0 saturated carbocycles. The van der Waals surface area contributed by atoms with E-state index >= 15 is 0 Å². The van der Waals surface area contributed by atoms with E-state index in [1.165, 1.54) is 0 Å². The maximum Gasteiger partial charge on any atom is 0.252 e. The molecule has 2 rings (SSSR count). The first kappa shape index (κ1) is 8.27. The van der Waals surface area contributed by atoms with Crippen LogP contribution < -0.4 is 0 Å². The number of halogens is 1. The van der Waals surface area contributed by atoms with Gasteiger partial charge in [0.15, 0.2) is 0 Å². The number of carbonyl (C=O) groups is 1. The largest absolute Gasteiger partial charge is 0.276 e. The van der Waals surface area contributed by atoms with Gasteiger partial charge in [0.05, 0.1) is 0 Å². The Bertz CT molecular complexity index is 392. The molecule has 0 unspecified atom stereocenters. The molecule has 0 atom stereocenters. The van der Waals surface area contributed by atoms with Gasteiger partial charge in [0, 0.05) is 5.56 Å². The van der Waals surface area contributed by atoms with Crippen molar-refractivity contribution in [2.24, 2.45) is 0 Å². The van der Waals surface area contributed by atoms with Gasteiger partial charge >= 0.3 is 0 Å². The molecular formula is C11H7ClO. The second-order valence-corrected chi connectivity index (χ2v) is 3.18. The molecule has 0 saturated heterocycles. The molecule has 0 amide bonds. The summed E-state index contributed by atoms with van der Waals surface area (Å²) < 4.78 is 0. The molecule has 2 aliphatic carbocycles. The Morgan fingerprint density at radius 3 is 2.00 bits per heavy atom. The van der Waals surface area contributed by atoms with Crippen LogP contribution in [-0.2, 0) is 0 Å². The number of hydrogen-bond acceptors (Lipinski definition) is 1. The SMILES string of the molecule is O=C(Cl)c1cc2cccccc-2c1. The van der Waals surface area contributed by atoms with Crippen LogP contribution in [0.4, 0.5) is 0 Å². The van der Waals surface area contributed by atoms with Crippen LogP contribution in [0.1, 0.15) is 10.4 Å². The highest BCUT2D eigenvalue weighted by Gasteiger charge is 2.08. The van der Waals surface area contributed by atoms with E-state index in [1.54, 1.807) is 12.1 Å². The first-order valence-corrected chi connectivity index (χ1v) is 4.34. The number of rotatable bonds is 1. The van der Waals surface area contributed by atoms with Gasteiger partial charge in [0.25, 0.3) is 5.24 Å². The van der Waals surface area contributed by atoms with Crippen LogP contribution in [0.2, 0.25) is 0 Å². The molecule has 2 aliphatic rings. The standard InChI is InChI=1S/C11H7ClO/c12-11(13)10-6-8-4-2-1-3-5-9(8)7-10/h1-7H. The Morgan fingerprint density at radius 2 is 1.54 bits per heavy atom. The summed E-state index contributed by atoms with van der Waals surface area (Å²) in [4.78, 5) is 10.9. The molecule has 0 spiro atoms. The van der Waals surface area contributed by atoms with Crippen LogP contribution in [0.5, 0.6) is 0 Å². The van der Waals surface area contributed by atoms with Crippen LogP contribution in [-0.4, -0.2) is 5.24 Å². The highest BCUT2D eigenvalue weighted by Crippen LogP contribution is 2.25. The smallest absolute Gasteiger partial charge is 0.252 e. The van der Waals surface area contributed by atoms with Gasteiger partial charge in [-0.05, 0) is 34.9 Å². The van der Waals surface area contributed by atoms with E-state index < -0.39 is 5.24 Å². The van der Waals surface area contributed by atoms with Crippen molar-refractivity contribution in [1.82, 2.24) is 0 Å². The summed E-state index contributed by atoms with van der Waals surface area (Å²) in [6.45, 7) is 0. The predicted molar refractivity (Wildman–Crippen MR) is 53.2 cm³/mol. The summed E-state index contributed by atoms with van der Waals surface area (Å²) in [5, 5.41) is -0.404. The van der Waals surface area contributed by atoms with E-state index in [9.17, 15) is 4.79 Å². The Hall–Kier alpha value is -1.34. The van der Waals surface area contributed by atoms with Gasteiger partial charge in [0.1, 0.15) is 0 Å². The molecule has 1 nitrogen and oxygen atoms in total. The topological polar surface area (TPSA) is 17.1 Å². The van der Waals surface area contributed by atoms with E-state index in [0.717, 1.165) is 11.1 Å². The highest BCUT2D eigenvalue weighted by molar-refractivity contribution is 6.67. The van der Waals surface area contributed by atoms with Crippen molar-refractivity contribution in [3.8, 4) is 11.1 Å². The molecule has 0 aromatic carbocycles. The minimum absolute atomic E-state index is 0.404. The quantitative estimate of drug-likeness (QED) is 0.632. The molecule has 0 radical (unpaired) electrons. The van der Waals surface area contributed by atoms with Gasteiger partial charge < -0.3 is 0 Å². The monoisotopic (exact) mass is 190 g/mol. The van der Waals surface area contributed by atoms with Crippen molar-refractivity contribution in [2.45, 2.75) is 0 Å². The minimum Gasteiger partial charge on any atom is -0.276 e. The maximum absolute atomic E-state index is 10.9. The fourth-order valence-electron chi connectivity index (χ4n) is 1.33. The third-order valence-corrected chi connectivity index (χ3v) is 2.17. The molecule has 0 bridgehead atoms. The highest BCUT2D eigenvalue weighted by atomic mass is 35.5. The van der Waals surface area contributed by atoms with Crippen molar-refractivity contribution in [3.63, 3.8) is 0 Å². The third kappa shape index (κ3) is 1.56. The van der Waals surface area contributed by atoms with Crippen LogP contribution in [0.3, 0.4) is 0 Å². The molecule has 0 fully saturated rings. The van der Waals surface area contributed by atoms with Gasteiger partial charge in [-0.25, -0.2) is 0 Å². The lowest BCUT2D eigenvalue weighted by Crippen LogP contribution is -1.80. The molecule has 0 aliphatic heterocycles. The molecule has 2 heteroatoms. The molecule has 0 aromatic rings. The first-order valence-electron chi connectivity index (χ1n) is 3.96. The normalized spacial score (nSPS) is 10.2. The zero-order chi connectivity index (χ0) is 9.26. The molecule has 0 heterocycles. The molecule has 64 valence electrons. The van der Waals surface area contributed by atoms with Gasteiger partial charge in [-0.2, -0.15) is 0 Å². The number of fused-ring (bicyclic) bond motifs is 1. The lowest BCUT2D eigenvalue weighted by Gasteiger charge is -1.85. The van der Waals surface area contributed by atoms with Crippen molar-refractivity contribution in [1.29, 1.82) is 0 Å². The Kier molecular flexibility index (Phi) is 2.03. The molecule has 13 heavy (non-hydrogen) atoms. The van der Waals surface area contributed by atoms with E-state index in [0.29, 0.717) is 5.56 Å².